The maximum atomic E-state index is 11.9. The Hall–Kier alpha value is -1.66. The molecule has 0 aliphatic heterocycles. The third kappa shape index (κ3) is 3.02. The molecule has 0 aliphatic rings. The molecule has 0 aliphatic carbocycles. The summed E-state index contributed by atoms with van der Waals surface area (Å²) in [7, 11) is 0. The second kappa shape index (κ2) is 6.49. The Balaban J connectivity index is 0.000000861. The predicted molar refractivity (Wildman–Crippen MR) is 73.0 cm³/mol. The van der Waals surface area contributed by atoms with Crippen LogP contribution in [0, 0.1) is 0 Å². The normalized spacial score (nSPS) is 12.4. The van der Waals surface area contributed by atoms with E-state index in [0.29, 0.717) is 11.6 Å². The zero-order valence-electron chi connectivity index (χ0n) is 11.7. The predicted octanol–water partition coefficient (Wildman–Crippen LogP) is 1.55. The number of hydrogen-bond donors (Lipinski definition) is 3. The maximum Gasteiger partial charge on any atom is 0.280 e. The molecule has 0 saturated carbocycles. The summed E-state index contributed by atoms with van der Waals surface area (Å²) in [5.74, 6) is 0.290. The average molecular weight is 267 g/mol. The average Bonchev–Trinajstić information content (AvgIpc) is 2.85. The van der Waals surface area contributed by atoms with Crippen molar-refractivity contribution in [2.75, 3.05) is 0 Å². The van der Waals surface area contributed by atoms with Crippen LogP contribution in [0.5, 0.6) is 0 Å². The fraction of sp³-hybridized carbons (Fsp3) is 0.538. The van der Waals surface area contributed by atoms with E-state index in [0.717, 1.165) is 12.1 Å². The van der Waals surface area contributed by atoms with Gasteiger partial charge in [-0.2, -0.15) is 0 Å². The highest BCUT2D eigenvalue weighted by atomic mass is 16.5. The minimum Gasteiger partial charge on any atom is -0.364 e. The summed E-state index contributed by atoms with van der Waals surface area (Å²) in [6.45, 7) is 8.09. The Labute approximate surface area is 111 Å². The lowest BCUT2D eigenvalue weighted by Crippen LogP contribution is -2.22. The molecule has 1 atom stereocenters. The van der Waals surface area contributed by atoms with Gasteiger partial charge in [-0.3, -0.25) is 9.89 Å². The smallest absolute Gasteiger partial charge is 0.280 e. The summed E-state index contributed by atoms with van der Waals surface area (Å²) in [6, 6.07) is 1.79. The standard InChI is InChI=1S/C11H15N3O3.C2H6/c1-3-6(2)8-4-9-12-5-7(11(16)17)10(15)14(9)13-8;1-2/h4-6,11,13,16-17H,3H2,1-2H3;1-2H3. The molecule has 106 valence electrons. The second-order valence-electron chi connectivity index (χ2n) is 4.11. The number of H-pyrrole nitrogens is 1. The van der Waals surface area contributed by atoms with Gasteiger partial charge in [-0.15, -0.1) is 0 Å². The Morgan fingerprint density at radius 2 is 2.05 bits per heavy atom. The van der Waals surface area contributed by atoms with Crippen LogP contribution in [0.15, 0.2) is 17.1 Å². The molecule has 0 fully saturated rings. The molecular formula is C13H21N3O3. The first-order chi connectivity index (χ1) is 9.04. The Bertz CT molecular complexity index is 586. The van der Waals surface area contributed by atoms with Gasteiger partial charge >= 0.3 is 0 Å². The minimum absolute atomic E-state index is 0.139. The molecule has 6 heteroatoms. The Morgan fingerprint density at radius 1 is 1.42 bits per heavy atom. The number of aliphatic hydroxyl groups excluding tert-OH is 1. The van der Waals surface area contributed by atoms with E-state index in [1.807, 2.05) is 20.8 Å². The summed E-state index contributed by atoms with van der Waals surface area (Å²) in [6.07, 6.45) is 0.329. The van der Waals surface area contributed by atoms with E-state index in [-0.39, 0.29) is 5.56 Å². The number of aliphatic hydroxyl groups is 2. The SMILES string of the molecule is CC.CCC(C)c1cc2ncc(C(O)O)c(=O)n2[nH]1. The van der Waals surface area contributed by atoms with Crippen molar-refractivity contribution < 1.29 is 10.2 Å². The third-order valence-corrected chi connectivity index (χ3v) is 2.96. The van der Waals surface area contributed by atoms with Gasteiger partial charge in [0.05, 0.1) is 5.56 Å². The molecule has 2 heterocycles. The van der Waals surface area contributed by atoms with E-state index >= 15 is 0 Å². The largest absolute Gasteiger partial charge is 0.364 e. The number of nitrogens with zero attached hydrogens (tertiary/aromatic N) is 2. The molecule has 0 spiro atoms. The highest BCUT2D eigenvalue weighted by Crippen LogP contribution is 2.17. The molecule has 0 saturated heterocycles. The maximum absolute atomic E-state index is 11.9. The van der Waals surface area contributed by atoms with Crippen LogP contribution in [0.1, 0.15) is 57.6 Å². The lowest BCUT2D eigenvalue weighted by atomic mass is 10.1. The van der Waals surface area contributed by atoms with Gasteiger partial charge in [0, 0.05) is 18.0 Å². The molecule has 2 aromatic rings. The number of fused-ring (bicyclic) bond motifs is 1. The number of aromatic amines is 1. The molecule has 0 bridgehead atoms. The van der Waals surface area contributed by atoms with Gasteiger partial charge < -0.3 is 10.2 Å². The van der Waals surface area contributed by atoms with Crippen LogP contribution in [0.3, 0.4) is 0 Å². The van der Waals surface area contributed by atoms with Crippen molar-refractivity contribution in [3.05, 3.63) is 33.9 Å². The van der Waals surface area contributed by atoms with Crippen LogP contribution in [0.25, 0.3) is 5.65 Å². The van der Waals surface area contributed by atoms with Gasteiger partial charge in [-0.25, -0.2) is 9.50 Å². The molecule has 0 amide bonds. The lowest BCUT2D eigenvalue weighted by Gasteiger charge is -2.03. The second-order valence-corrected chi connectivity index (χ2v) is 4.11. The molecular weight excluding hydrogens is 246 g/mol. The van der Waals surface area contributed by atoms with E-state index in [1.54, 1.807) is 6.07 Å². The topological polar surface area (TPSA) is 90.6 Å². The lowest BCUT2D eigenvalue weighted by molar-refractivity contribution is -0.0439. The molecule has 19 heavy (non-hydrogen) atoms. The summed E-state index contributed by atoms with van der Waals surface area (Å²) < 4.78 is 1.23. The first kappa shape index (κ1) is 15.4. The van der Waals surface area contributed by atoms with Crippen LogP contribution < -0.4 is 5.56 Å². The van der Waals surface area contributed by atoms with Gasteiger partial charge in [0.2, 0.25) is 0 Å². The molecule has 6 nitrogen and oxygen atoms in total. The van der Waals surface area contributed by atoms with Crippen molar-refractivity contribution in [2.24, 2.45) is 0 Å². The van der Waals surface area contributed by atoms with E-state index < -0.39 is 11.8 Å². The van der Waals surface area contributed by atoms with Crippen molar-refractivity contribution in [1.29, 1.82) is 0 Å². The Kier molecular flexibility index (Phi) is 5.26. The first-order valence-corrected chi connectivity index (χ1v) is 6.51. The number of hydrogen-bond acceptors (Lipinski definition) is 4. The van der Waals surface area contributed by atoms with E-state index in [9.17, 15) is 4.79 Å². The number of rotatable bonds is 3. The number of aromatic nitrogens is 3. The van der Waals surface area contributed by atoms with E-state index in [2.05, 4.69) is 17.0 Å². The third-order valence-electron chi connectivity index (χ3n) is 2.96. The molecule has 3 N–H and O–H groups in total. The van der Waals surface area contributed by atoms with Crippen molar-refractivity contribution in [2.45, 2.75) is 46.3 Å². The van der Waals surface area contributed by atoms with Crippen LogP contribution in [-0.2, 0) is 0 Å². The highest BCUT2D eigenvalue weighted by molar-refractivity contribution is 5.40. The van der Waals surface area contributed by atoms with Crippen LogP contribution in [-0.4, -0.2) is 24.8 Å². The molecule has 0 aromatic carbocycles. The summed E-state index contributed by atoms with van der Waals surface area (Å²) in [5.41, 5.74) is 0.760. The quantitative estimate of drug-likeness (QED) is 0.736. The van der Waals surface area contributed by atoms with Crippen LogP contribution >= 0.6 is 0 Å². The fourth-order valence-corrected chi connectivity index (χ4v) is 1.64. The van der Waals surface area contributed by atoms with Gasteiger partial charge in [0.25, 0.3) is 5.56 Å². The molecule has 1 unspecified atom stereocenters. The molecule has 0 radical (unpaired) electrons. The Morgan fingerprint density at radius 3 is 2.58 bits per heavy atom. The first-order valence-electron chi connectivity index (χ1n) is 6.51. The zero-order valence-corrected chi connectivity index (χ0v) is 11.7. The van der Waals surface area contributed by atoms with Gasteiger partial charge in [-0.05, 0) is 12.3 Å². The van der Waals surface area contributed by atoms with E-state index in [1.165, 1.54) is 10.7 Å². The minimum atomic E-state index is -1.80. The summed E-state index contributed by atoms with van der Waals surface area (Å²) >= 11 is 0. The molecule has 2 rings (SSSR count). The summed E-state index contributed by atoms with van der Waals surface area (Å²) in [4.78, 5) is 15.9. The van der Waals surface area contributed by atoms with Gasteiger partial charge in [0.1, 0.15) is 0 Å². The van der Waals surface area contributed by atoms with Crippen LogP contribution in [0.2, 0.25) is 0 Å². The van der Waals surface area contributed by atoms with Gasteiger partial charge in [-0.1, -0.05) is 27.7 Å². The fourth-order valence-electron chi connectivity index (χ4n) is 1.64. The molecule has 2 aromatic heterocycles. The van der Waals surface area contributed by atoms with Crippen molar-refractivity contribution in [3.8, 4) is 0 Å². The monoisotopic (exact) mass is 267 g/mol. The van der Waals surface area contributed by atoms with Crippen molar-refractivity contribution in [1.82, 2.24) is 14.6 Å². The van der Waals surface area contributed by atoms with Crippen molar-refractivity contribution >= 4 is 5.65 Å². The highest BCUT2D eigenvalue weighted by Gasteiger charge is 2.14. The van der Waals surface area contributed by atoms with E-state index in [4.69, 9.17) is 10.2 Å². The number of nitrogens with one attached hydrogen (secondary N) is 1. The van der Waals surface area contributed by atoms with Crippen molar-refractivity contribution in [3.63, 3.8) is 0 Å². The zero-order chi connectivity index (χ0) is 14.6. The van der Waals surface area contributed by atoms with Crippen LogP contribution in [0.4, 0.5) is 0 Å². The van der Waals surface area contributed by atoms with Gasteiger partial charge in [0.15, 0.2) is 11.9 Å². The summed E-state index contributed by atoms with van der Waals surface area (Å²) in [5, 5.41) is 21.0.